The maximum atomic E-state index is 10.8. The van der Waals surface area contributed by atoms with E-state index in [2.05, 4.69) is 4.98 Å². The van der Waals surface area contributed by atoms with Crippen LogP contribution in [0.2, 0.25) is 0 Å². The molecule has 0 amide bonds. The van der Waals surface area contributed by atoms with Crippen LogP contribution in [-0.2, 0) is 0 Å². The van der Waals surface area contributed by atoms with Gasteiger partial charge in [0.05, 0.1) is 11.9 Å². The van der Waals surface area contributed by atoms with E-state index in [1.807, 2.05) is 0 Å². The number of rotatable bonds is 2. The molecule has 2 aromatic rings. The molecule has 0 saturated heterocycles. The second-order valence-corrected chi connectivity index (χ2v) is 3.05. The first kappa shape index (κ1) is 9.26. The Hall–Kier alpha value is -2.30. The Kier molecular flexibility index (Phi) is 2.13. The number of carboxylic acids is 1. The number of nitrogens with two attached hydrogens (primary N) is 1. The lowest BCUT2D eigenvalue weighted by atomic mass is 10.1. The molecule has 0 spiro atoms. The lowest BCUT2D eigenvalue weighted by Crippen LogP contribution is -2.03. The summed E-state index contributed by atoms with van der Waals surface area (Å²) in [6.45, 7) is 0. The van der Waals surface area contributed by atoms with Crippen molar-refractivity contribution in [1.29, 1.82) is 0 Å². The van der Waals surface area contributed by atoms with E-state index in [9.17, 15) is 4.79 Å². The third-order valence-electron chi connectivity index (χ3n) is 2.07. The fourth-order valence-electron chi connectivity index (χ4n) is 1.30. The summed E-state index contributed by atoms with van der Waals surface area (Å²) in [6, 6.07) is 4.82. The zero-order chi connectivity index (χ0) is 10.8. The topological polar surface area (TPSA) is 81.1 Å². The number of aromatic carboxylic acids is 1. The van der Waals surface area contributed by atoms with Crippen LogP contribution >= 0.6 is 0 Å². The number of anilines is 1. The molecule has 5 heteroatoms. The minimum atomic E-state index is -1.03. The molecule has 2 rings (SSSR count). The third-order valence-corrected chi connectivity index (χ3v) is 2.07. The quantitative estimate of drug-likeness (QED) is 0.717. The van der Waals surface area contributed by atoms with Crippen LogP contribution in [0.15, 0.2) is 36.9 Å². The Bertz CT molecular complexity index is 491. The van der Waals surface area contributed by atoms with Gasteiger partial charge < -0.3 is 15.4 Å². The summed E-state index contributed by atoms with van der Waals surface area (Å²) in [6.07, 6.45) is 4.95. The summed E-state index contributed by atoms with van der Waals surface area (Å²) < 4.78 is 1.71. The first-order valence-electron chi connectivity index (χ1n) is 4.29. The summed E-state index contributed by atoms with van der Waals surface area (Å²) in [7, 11) is 0. The average molecular weight is 203 g/mol. The third kappa shape index (κ3) is 1.67. The molecule has 0 fully saturated rings. The van der Waals surface area contributed by atoms with Gasteiger partial charge >= 0.3 is 5.97 Å². The smallest absolute Gasteiger partial charge is 0.337 e. The maximum absolute atomic E-state index is 10.8. The fourth-order valence-corrected chi connectivity index (χ4v) is 1.30. The lowest BCUT2D eigenvalue weighted by molar-refractivity contribution is 0.0698. The number of hydrogen-bond donors (Lipinski definition) is 2. The number of imidazole rings is 1. The van der Waals surface area contributed by atoms with Crippen molar-refractivity contribution in [3.63, 3.8) is 0 Å². The van der Waals surface area contributed by atoms with E-state index in [4.69, 9.17) is 10.8 Å². The highest BCUT2D eigenvalue weighted by molar-refractivity contribution is 5.94. The minimum absolute atomic E-state index is 0.0983. The normalized spacial score (nSPS) is 10.1. The molecular weight excluding hydrogens is 194 g/mol. The van der Waals surface area contributed by atoms with Crippen LogP contribution in [0, 0.1) is 0 Å². The van der Waals surface area contributed by atoms with E-state index in [-0.39, 0.29) is 11.3 Å². The van der Waals surface area contributed by atoms with Crippen LogP contribution in [0.3, 0.4) is 0 Å². The van der Waals surface area contributed by atoms with E-state index in [1.165, 1.54) is 6.07 Å². The molecule has 0 bridgehead atoms. The van der Waals surface area contributed by atoms with Crippen molar-refractivity contribution in [2.75, 3.05) is 5.73 Å². The molecular formula is C10H9N3O2. The maximum Gasteiger partial charge on any atom is 0.337 e. The summed E-state index contributed by atoms with van der Waals surface area (Å²) in [5.41, 5.74) is 6.61. The number of carboxylic acid groups (broad SMARTS) is 1. The van der Waals surface area contributed by atoms with Gasteiger partial charge in [-0.1, -0.05) is 0 Å². The molecule has 0 atom stereocenters. The largest absolute Gasteiger partial charge is 0.478 e. The summed E-state index contributed by atoms with van der Waals surface area (Å²) >= 11 is 0. The van der Waals surface area contributed by atoms with E-state index in [1.54, 1.807) is 35.4 Å². The van der Waals surface area contributed by atoms with E-state index in [0.717, 1.165) is 5.69 Å². The molecule has 1 heterocycles. The van der Waals surface area contributed by atoms with Crippen LogP contribution in [0.5, 0.6) is 0 Å². The van der Waals surface area contributed by atoms with Crippen molar-refractivity contribution < 1.29 is 9.90 Å². The van der Waals surface area contributed by atoms with Gasteiger partial charge in [0, 0.05) is 23.8 Å². The van der Waals surface area contributed by atoms with E-state index in [0.29, 0.717) is 0 Å². The minimum Gasteiger partial charge on any atom is -0.478 e. The van der Waals surface area contributed by atoms with Crippen LogP contribution in [0.1, 0.15) is 10.4 Å². The molecule has 15 heavy (non-hydrogen) atoms. The average Bonchev–Trinajstić information content (AvgIpc) is 2.71. The standard InChI is InChI=1S/C10H9N3O2/c11-9-2-1-7(5-8(9)10(14)15)13-4-3-12-6-13/h1-6H,11H2,(H,14,15). The van der Waals surface area contributed by atoms with Crippen molar-refractivity contribution in [2.24, 2.45) is 0 Å². The van der Waals surface area contributed by atoms with Gasteiger partial charge in [-0.3, -0.25) is 0 Å². The van der Waals surface area contributed by atoms with Crippen LogP contribution < -0.4 is 5.73 Å². The zero-order valence-corrected chi connectivity index (χ0v) is 7.79. The fraction of sp³-hybridized carbons (Fsp3) is 0. The van der Waals surface area contributed by atoms with Gasteiger partial charge in [-0.2, -0.15) is 0 Å². The van der Waals surface area contributed by atoms with Crippen molar-refractivity contribution in [1.82, 2.24) is 9.55 Å². The molecule has 1 aromatic carbocycles. The molecule has 3 N–H and O–H groups in total. The van der Waals surface area contributed by atoms with Gasteiger partial charge in [-0.25, -0.2) is 9.78 Å². The van der Waals surface area contributed by atoms with Gasteiger partial charge in [0.15, 0.2) is 0 Å². The van der Waals surface area contributed by atoms with Crippen molar-refractivity contribution in [2.45, 2.75) is 0 Å². The summed E-state index contributed by atoms with van der Waals surface area (Å²) in [5.74, 6) is -1.03. The van der Waals surface area contributed by atoms with Gasteiger partial charge in [-0.05, 0) is 18.2 Å². The Morgan fingerprint density at radius 2 is 2.27 bits per heavy atom. The summed E-state index contributed by atoms with van der Waals surface area (Å²) in [4.78, 5) is 14.7. The molecule has 0 aliphatic heterocycles. The Balaban J connectivity index is 2.52. The second-order valence-electron chi connectivity index (χ2n) is 3.05. The highest BCUT2D eigenvalue weighted by atomic mass is 16.4. The molecule has 0 saturated carbocycles. The molecule has 0 aliphatic rings. The number of nitrogen functional groups attached to an aromatic ring is 1. The first-order valence-corrected chi connectivity index (χ1v) is 4.29. The van der Waals surface area contributed by atoms with Crippen molar-refractivity contribution in [3.05, 3.63) is 42.5 Å². The lowest BCUT2D eigenvalue weighted by Gasteiger charge is -2.05. The number of aromatic nitrogens is 2. The Morgan fingerprint density at radius 1 is 1.47 bits per heavy atom. The molecule has 5 nitrogen and oxygen atoms in total. The number of benzene rings is 1. The molecule has 1 aromatic heterocycles. The molecule has 0 radical (unpaired) electrons. The monoisotopic (exact) mass is 203 g/mol. The van der Waals surface area contributed by atoms with Gasteiger partial charge in [0.2, 0.25) is 0 Å². The Labute approximate surface area is 85.8 Å². The van der Waals surface area contributed by atoms with E-state index < -0.39 is 5.97 Å². The highest BCUT2D eigenvalue weighted by Gasteiger charge is 2.08. The predicted molar refractivity (Wildman–Crippen MR) is 54.9 cm³/mol. The number of nitrogens with zero attached hydrogens (tertiary/aromatic N) is 2. The van der Waals surface area contributed by atoms with Gasteiger partial charge in [0.25, 0.3) is 0 Å². The van der Waals surface area contributed by atoms with Crippen molar-refractivity contribution >= 4 is 11.7 Å². The van der Waals surface area contributed by atoms with Crippen molar-refractivity contribution in [3.8, 4) is 5.69 Å². The molecule has 0 unspecified atom stereocenters. The van der Waals surface area contributed by atoms with Gasteiger partial charge in [0.1, 0.15) is 0 Å². The van der Waals surface area contributed by atoms with Crippen LogP contribution in [-0.4, -0.2) is 20.6 Å². The van der Waals surface area contributed by atoms with E-state index >= 15 is 0 Å². The van der Waals surface area contributed by atoms with Gasteiger partial charge in [-0.15, -0.1) is 0 Å². The van der Waals surface area contributed by atoms with Crippen LogP contribution in [0.25, 0.3) is 5.69 Å². The first-order chi connectivity index (χ1) is 7.18. The number of hydrogen-bond acceptors (Lipinski definition) is 3. The molecule has 76 valence electrons. The predicted octanol–water partition coefficient (Wildman–Crippen LogP) is 1.15. The number of carbonyl (C=O) groups is 1. The Morgan fingerprint density at radius 3 is 2.87 bits per heavy atom. The van der Waals surface area contributed by atoms with Crippen LogP contribution in [0.4, 0.5) is 5.69 Å². The SMILES string of the molecule is Nc1ccc(-n2ccnc2)cc1C(=O)O. The highest BCUT2D eigenvalue weighted by Crippen LogP contribution is 2.16. The molecule has 0 aliphatic carbocycles. The summed E-state index contributed by atoms with van der Waals surface area (Å²) in [5, 5.41) is 8.88. The second kappa shape index (κ2) is 3.45. The zero-order valence-electron chi connectivity index (χ0n) is 7.79.